The van der Waals surface area contributed by atoms with Crippen LogP contribution in [0.25, 0.3) is 0 Å². The van der Waals surface area contributed by atoms with Gasteiger partial charge >= 0.3 is 0 Å². The van der Waals surface area contributed by atoms with E-state index in [1.165, 1.54) is 39.8 Å². The summed E-state index contributed by atoms with van der Waals surface area (Å²) in [6.45, 7) is 1.000. The fourth-order valence-electron chi connectivity index (χ4n) is 2.98. The molecule has 2 amide bonds. The van der Waals surface area contributed by atoms with Gasteiger partial charge in [-0.3, -0.25) is 9.59 Å². The van der Waals surface area contributed by atoms with E-state index in [-0.39, 0.29) is 55.7 Å². The molecule has 2 aromatic rings. The van der Waals surface area contributed by atoms with Gasteiger partial charge < -0.3 is 15.0 Å². The molecule has 1 aliphatic rings. The molecule has 168 valence electrons. The average molecular weight is 472 g/mol. The highest BCUT2D eigenvalue weighted by Gasteiger charge is 2.30. The Hall–Kier alpha value is -2.48. The predicted octanol–water partition coefficient (Wildman–Crippen LogP) is 1.08. The molecule has 2 heterocycles. The van der Waals surface area contributed by atoms with Gasteiger partial charge in [-0.25, -0.2) is 12.8 Å². The van der Waals surface area contributed by atoms with Crippen molar-refractivity contribution in [2.45, 2.75) is 24.3 Å². The molecule has 0 unspecified atom stereocenters. The van der Waals surface area contributed by atoms with Crippen LogP contribution < -0.4 is 5.32 Å². The first-order valence-electron chi connectivity index (χ1n) is 9.44. The molecular formula is C18H22FN5O5S2. The zero-order valence-corrected chi connectivity index (χ0v) is 18.4. The molecule has 0 saturated carbocycles. The molecule has 0 atom stereocenters. The molecule has 0 spiro atoms. The van der Waals surface area contributed by atoms with Crippen LogP contribution in [0.15, 0.2) is 29.2 Å². The third-order valence-corrected chi connectivity index (χ3v) is 7.31. The van der Waals surface area contributed by atoms with Crippen molar-refractivity contribution in [2.24, 2.45) is 0 Å². The largest absolute Gasteiger partial charge is 0.377 e. The van der Waals surface area contributed by atoms with Gasteiger partial charge in [-0.05, 0) is 24.3 Å². The molecule has 10 nitrogen and oxygen atoms in total. The standard InChI is InChI=1S/C18H22FN5O5S2/c1-29-12-16-21-22-18(30-16)20-15(25)6-7-17(26)23-8-10-24(11-9-23)31(27,28)14-4-2-13(19)3-5-14/h2-5H,6-12H2,1H3,(H,20,22,25). The lowest BCUT2D eigenvalue weighted by Crippen LogP contribution is -2.50. The normalized spacial score (nSPS) is 15.1. The first-order chi connectivity index (χ1) is 14.8. The lowest BCUT2D eigenvalue weighted by atomic mass is 10.2. The number of carbonyl (C=O) groups is 2. The fraction of sp³-hybridized carbons (Fsp3) is 0.444. The van der Waals surface area contributed by atoms with Crippen LogP contribution in [0.2, 0.25) is 0 Å². The summed E-state index contributed by atoms with van der Waals surface area (Å²) in [5, 5.41) is 11.3. The van der Waals surface area contributed by atoms with Gasteiger partial charge in [-0.2, -0.15) is 4.31 Å². The number of hydrogen-bond donors (Lipinski definition) is 1. The summed E-state index contributed by atoms with van der Waals surface area (Å²) in [4.78, 5) is 26.0. The Kier molecular flexibility index (Phi) is 7.64. The first-order valence-corrected chi connectivity index (χ1v) is 11.7. The number of carbonyl (C=O) groups excluding carboxylic acids is 2. The lowest BCUT2D eigenvalue weighted by molar-refractivity contribution is -0.133. The van der Waals surface area contributed by atoms with Crippen LogP contribution >= 0.6 is 11.3 Å². The lowest BCUT2D eigenvalue weighted by Gasteiger charge is -2.34. The highest BCUT2D eigenvalue weighted by atomic mass is 32.2. The van der Waals surface area contributed by atoms with Crippen molar-refractivity contribution in [1.29, 1.82) is 0 Å². The number of aromatic nitrogens is 2. The smallest absolute Gasteiger partial charge is 0.243 e. The number of benzene rings is 1. The van der Waals surface area contributed by atoms with E-state index in [2.05, 4.69) is 15.5 Å². The monoisotopic (exact) mass is 471 g/mol. The third kappa shape index (κ3) is 6.03. The van der Waals surface area contributed by atoms with Crippen molar-refractivity contribution in [2.75, 3.05) is 38.6 Å². The Morgan fingerprint density at radius 2 is 1.81 bits per heavy atom. The summed E-state index contributed by atoms with van der Waals surface area (Å²) >= 11 is 1.19. The minimum Gasteiger partial charge on any atom is -0.377 e. The second kappa shape index (κ2) is 10.2. The minimum atomic E-state index is -3.75. The topological polar surface area (TPSA) is 122 Å². The van der Waals surface area contributed by atoms with Gasteiger partial charge in [0.1, 0.15) is 17.4 Å². The van der Waals surface area contributed by atoms with Crippen molar-refractivity contribution in [3.05, 3.63) is 35.1 Å². The summed E-state index contributed by atoms with van der Waals surface area (Å²) in [6, 6.07) is 4.63. The van der Waals surface area contributed by atoms with Gasteiger partial charge in [-0.15, -0.1) is 10.2 Å². The highest BCUT2D eigenvalue weighted by Crippen LogP contribution is 2.19. The quantitative estimate of drug-likeness (QED) is 0.611. The predicted molar refractivity (Wildman–Crippen MR) is 110 cm³/mol. The molecule has 0 bridgehead atoms. The Morgan fingerprint density at radius 3 is 2.45 bits per heavy atom. The van der Waals surface area contributed by atoms with Crippen molar-refractivity contribution in [3.8, 4) is 0 Å². The number of sulfonamides is 1. The van der Waals surface area contributed by atoms with Crippen LogP contribution in [0.5, 0.6) is 0 Å². The van der Waals surface area contributed by atoms with E-state index in [9.17, 15) is 22.4 Å². The maximum atomic E-state index is 13.0. The van der Waals surface area contributed by atoms with Crippen molar-refractivity contribution in [1.82, 2.24) is 19.4 Å². The third-order valence-electron chi connectivity index (χ3n) is 4.59. The second-order valence-electron chi connectivity index (χ2n) is 6.72. The van der Waals surface area contributed by atoms with E-state index < -0.39 is 15.8 Å². The number of hydrogen-bond acceptors (Lipinski definition) is 8. The summed E-state index contributed by atoms with van der Waals surface area (Å²) in [6.07, 6.45) is -0.0214. The Balaban J connectivity index is 1.45. The molecule has 1 aromatic heterocycles. The van der Waals surface area contributed by atoms with Gasteiger partial charge in [0.15, 0.2) is 0 Å². The van der Waals surface area contributed by atoms with Crippen LogP contribution in [0.1, 0.15) is 17.8 Å². The number of anilines is 1. The van der Waals surface area contributed by atoms with Crippen LogP contribution in [0.3, 0.4) is 0 Å². The van der Waals surface area contributed by atoms with E-state index in [1.807, 2.05) is 0 Å². The second-order valence-corrected chi connectivity index (χ2v) is 9.72. The highest BCUT2D eigenvalue weighted by molar-refractivity contribution is 7.89. The number of nitrogens with one attached hydrogen (secondary N) is 1. The molecular weight excluding hydrogens is 449 g/mol. The number of ether oxygens (including phenoxy) is 1. The van der Waals surface area contributed by atoms with Gasteiger partial charge in [0.25, 0.3) is 0 Å². The van der Waals surface area contributed by atoms with Gasteiger partial charge in [0.05, 0.1) is 4.90 Å². The van der Waals surface area contributed by atoms with Crippen LogP contribution in [0.4, 0.5) is 9.52 Å². The molecule has 13 heteroatoms. The molecule has 1 aromatic carbocycles. The number of amides is 2. The average Bonchev–Trinajstić information content (AvgIpc) is 3.19. The number of piperazine rings is 1. The molecule has 1 aliphatic heterocycles. The molecule has 31 heavy (non-hydrogen) atoms. The first kappa shape index (κ1) is 23.2. The maximum absolute atomic E-state index is 13.0. The van der Waals surface area contributed by atoms with Crippen molar-refractivity contribution in [3.63, 3.8) is 0 Å². The Morgan fingerprint density at radius 1 is 1.13 bits per heavy atom. The fourth-order valence-corrected chi connectivity index (χ4v) is 5.13. The molecule has 1 N–H and O–H groups in total. The van der Waals surface area contributed by atoms with E-state index in [4.69, 9.17) is 4.74 Å². The van der Waals surface area contributed by atoms with Crippen LogP contribution in [-0.2, 0) is 31.0 Å². The van der Waals surface area contributed by atoms with Crippen LogP contribution in [-0.4, -0.2) is 72.9 Å². The summed E-state index contributed by atoms with van der Waals surface area (Å²) < 4.78 is 44.5. The summed E-state index contributed by atoms with van der Waals surface area (Å²) in [5.74, 6) is -1.10. The zero-order valence-electron chi connectivity index (χ0n) is 16.8. The number of rotatable bonds is 8. The van der Waals surface area contributed by atoms with Crippen molar-refractivity contribution < 1.29 is 27.1 Å². The summed E-state index contributed by atoms with van der Waals surface area (Å²) in [7, 11) is -2.22. The number of halogens is 1. The minimum absolute atomic E-state index is 0.000275. The Bertz CT molecular complexity index is 1020. The van der Waals surface area contributed by atoms with Gasteiger partial charge in [-0.1, -0.05) is 11.3 Å². The molecule has 1 saturated heterocycles. The molecule has 0 radical (unpaired) electrons. The zero-order chi connectivity index (χ0) is 22.4. The molecule has 1 fully saturated rings. The van der Waals surface area contributed by atoms with Gasteiger partial charge in [0, 0.05) is 46.1 Å². The van der Waals surface area contributed by atoms with Crippen LogP contribution in [0, 0.1) is 5.82 Å². The molecule has 3 rings (SSSR count). The number of nitrogens with zero attached hydrogens (tertiary/aromatic N) is 4. The van der Waals surface area contributed by atoms with E-state index in [0.29, 0.717) is 16.7 Å². The van der Waals surface area contributed by atoms with E-state index in [1.54, 1.807) is 0 Å². The number of methoxy groups -OCH3 is 1. The van der Waals surface area contributed by atoms with Crippen molar-refractivity contribution >= 4 is 38.3 Å². The summed E-state index contributed by atoms with van der Waals surface area (Å²) in [5.41, 5.74) is 0. The SMILES string of the molecule is COCc1nnc(NC(=O)CCC(=O)N2CCN(S(=O)(=O)c3ccc(F)cc3)CC2)s1. The van der Waals surface area contributed by atoms with E-state index in [0.717, 1.165) is 12.1 Å². The van der Waals surface area contributed by atoms with E-state index >= 15 is 0 Å². The molecule has 0 aliphatic carbocycles. The maximum Gasteiger partial charge on any atom is 0.243 e. The van der Waals surface area contributed by atoms with Gasteiger partial charge in [0.2, 0.25) is 27.0 Å². The Labute approximate surface area is 183 Å².